The molecule has 0 heterocycles. The van der Waals surface area contributed by atoms with Gasteiger partial charge in [0.1, 0.15) is 0 Å². The summed E-state index contributed by atoms with van der Waals surface area (Å²) in [5.41, 5.74) is 0.106. The summed E-state index contributed by atoms with van der Waals surface area (Å²) in [6, 6.07) is 6.66. The van der Waals surface area contributed by atoms with Gasteiger partial charge in [-0.3, -0.25) is 4.79 Å². The summed E-state index contributed by atoms with van der Waals surface area (Å²) in [6.45, 7) is 0. The van der Waals surface area contributed by atoms with E-state index in [1.165, 1.54) is 0 Å². The fraction of sp³-hybridized carbons (Fsp3) is 0.462. The molecule has 0 saturated heterocycles. The summed E-state index contributed by atoms with van der Waals surface area (Å²) in [5, 5.41) is 9.31. The summed E-state index contributed by atoms with van der Waals surface area (Å²) < 4.78 is 24.9. The quantitative estimate of drug-likeness (QED) is 0.878. The average Bonchev–Trinajstić information content (AvgIpc) is 2.17. The largest absolute Gasteiger partial charge is 0.481 e. The molecule has 1 aromatic carbocycles. The van der Waals surface area contributed by atoms with Crippen LogP contribution in [-0.2, 0) is 16.6 Å². The number of hydrogen-bond donors (Lipinski definition) is 1. The van der Waals surface area contributed by atoms with Crippen LogP contribution in [-0.4, -0.2) is 17.5 Å². The molecule has 4 heteroatoms. The molecule has 17 heavy (non-hydrogen) atoms. The highest BCUT2D eigenvalue weighted by molar-refractivity contribution is 5.83. The van der Waals surface area contributed by atoms with Crippen LogP contribution in [0.3, 0.4) is 0 Å². The molecule has 0 radical (unpaired) electrons. The Morgan fingerprint density at radius 1 is 1.35 bits per heavy atom. The highest BCUT2D eigenvalue weighted by Crippen LogP contribution is 2.45. The number of carboxylic acids is 1. The molecule has 1 saturated carbocycles. The molecule has 0 spiro atoms. The monoisotopic (exact) mass is 240 g/mol. The molecule has 0 amide bonds. The van der Waals surface area contributed by atoms with Crippen LogP contribution in [0.5, 0.6) is 0 Å². The minimum absolute atomic E-state index is 0.370. The molecule has 0 atom stereocenters. The average molecular weight is 240 g/mol. The van der Waals surface area contributed by atoms with Crippen molar-refractivity contribution in [3.8, 4) is 0 Å². The summed E-state index contributed by atoms with van der Waals surface area (Å²) in [7, 11) is 0. The zero-order valence-electron chi connectivity index (χ0n) is 9.33. The highest BCUT2D eigenvalue weighted by Gasteiger charge is 2.47. The van der Waals surface area contributed by atoms with Crippen molar-refractivity contribution in [2.24, 2.45) is 0 Å². The number of hydrogen-bond acceptors (Lipinski definition) is 1. The van der Waals surface area contributed by atoms with E-state index in [4.69, 9.17) is 0 Å². The van der Waals surface area contributed by atoms with Crippen LogP contribution in [0.2, 0.25) is 0 Å². The maximum Gasteiger partial charge on any atom is 0.314 e. The number of carbonyl (C=O) groups is 1. The van der Waals surface area contributed by atoms with E-state index in [1.807, 2.05) is 0 Å². The number of aliphatic carboxylic acids is 1. The van der Waals surface area contributed by atoms with Gasteiger partial charge in [-0.1, -0.05) is 30.7 Å². The lowest BCUT2D eigenvalue weighted by atomic mass is 9.63. The van der Waals surface area contributed by atoms with Gasteiger partial charge in [0, 0.05) is 6.42 Å². The standard InChI is InChI=1S/C13H14F2O2/c14-11(15)8-9-4-1-2-5-10(9)13(12(16)17)6-3-7-13/h1-2,4-5,11H,3,6-8H2,(H,16,17). The van der Waals surface area contributed by atoms with Crippen molar-refractivity contribution >= 4 is 5.97 Å². The minimum Gasteiger partial charge on any atom is -0.481 e. The van der Waals surface area contributed by atoms with E-state index in [0.717, 1.165) is 6.42 Å². The first-order chi connectivity index (χ1) is 8.06. The van der Waals surface area contributed by atoms with Gasteiger partial charge < -0.3 is 5.11 Å². The number of halogens is 2. The van der Waals surface area contributed by atoms with E-state index in [-0.39, 0.29) is 6.42 Å². The Hall–Kier alpha value is -1.45. The Balaban J connectivity index is 2.40. The van der Waals surface area contributed by atoms with Crippen molar-refractivity contribution in [1.29, 1.82) is 0 Å². The van der Waals surface area contributed by atoms with E-state index in [0.29, 0.717) is 24.0 Å². The van der Waals surface area contributed by atoms with Crippen molar-refractivity contribution in [2.45, 2.75) is 37.5 Å². The number of rotatable bonds is 4. The van der Waals surface area contributed by atoms with Crippen LogP contribution in [0, 0.1) is 0 Å². The Kier molecular flexibility index (Phi) is 3.13. The fourth-order valence-corrected chi connectivity index (χ4v) is 2.46. The Labute approximate surface area is 98.3 Å². The molecule has 0 bridgehead atoms. The minimum atomic E-state index is -2.44. The molecule has 1 aliphatic carbocycles. The Morgan fingerprint density at radius 2 is 2.00 bits per heavy atom. The smallest absolute Gasteiger partial charge is 0.314 e. The van der Waals surface area contributed by atoms with Crippen LogP contribution in [0.4, 0.5) is 8.78 Å². The highest BCUT2D eigenvalue weighted by atomic mass is 19.3. The SMILES string of the molecule is O=C(O)C1(c2ccccc2CC(F)F)CCC1. The zero-order valence-corrected chi connectivity index (χ0v) is 9.33. The molecule has 0 aliphatic heterocycles. The molecule has 2 rings (SSSR count). The first-order valence-corrected chi connectivity index (χ1v) is 5.66. The van der Waals surface area contributed by atoms with Gasteiger partial charge in [0.25, 0.3) is 0 Å². The lowest BCUT2D eigenvalue weighted by Crippen LogP contribution is -2.43. The van der Waals surface area contributed by atoms with Gasteiger partial charge in [-0.25, -0.2) is 8.78 Å². The van der Waals surface area contributed by atoms with Gasteiger partial charge in [-0.05, 0) is 24.0 Å². The molecule has 1 aliphatic rings. The summed E-state index contributed by atoms with van der Waals surface area (Å²) in [5.74, 6) is -0.898. The van der Waals surface area contributed by atoms with Gasteiger partial charge in [0.2, 0.25) is 6.43 Å². The molecule has 92 valence electrons. The molecular formula is C13H14F2O2. The molecule has 1 fully saturated rings. The second kappa shape index (κ2) is 4.43. The van der Waals surface area contributed by atoms with Crippen LogP contribution in [0.25, 0.3) is 0 Å². The van der Waals surface area contributed by atoms with Crippen molar-refractivity contribution in [3.63, 3.8) is 0 Å². The molecule has 1 aromatic rings. The van der Waals surface area contributed by atoms with Crippen molar-refractivity contribution in [2.75, 3.05) is 0 Å². The summed E-state index contributed by atoms with van der Waals surface area (Å²) in [6.07, 6.45) is -0.881. The van der Waals surface area contributed by atoms with E-state index in [2.05, 4.69) is 0 Å². The molecule has 0 unspecified atom stereocenters. The van der Waals surface area contributed by atoms with Crippen molar-refractivity contribution in [1.82, 2.24) is 0 Å². The predicted molar refractivity (Wildman–Crippen MR) is 59.3 cm³/mol. The summed E-state index contributed by atoms with van der Waals surface area (Å²) >= 11 is 0. The normalized spacial score (nSPS) is 17.8. The van der Waals surface area contributed by atoms with Crippen molar-refractivity contribution in [3.05, 3.63) is 35.4 Å². The molecular weight excluding hydrogens is 226 g/mol. The number of alkyl halides is 2. The van der Waals surface area contributed by atoms with Crippen molar-refractivity contribution < 1.29 is 18.7 Å². The Morgan fingerprint density at radius 3 is 2.47 bits per heavy atom. The third-order valence-corrected chi connectivity index (χ3v) is 3.52. The molecule has 2 nitrogen and oxygen atoms in total. The fourth-order valence-electron chi connectivity index (χ4n) is 2.46. The molecule has 0 aromatic heterocycles. The van der Waals surface area contributed by atoms with E-state index in [9.17, 15) is 18.7 Å². The van der Waals surface area contributed by atoms with Gasteiger partial charge in [-0.15, -0.1) is 0 Å². The first-order valence-electron chi connectivity index (χ1n) is 5.66. The summed E-state index contributed by atoms with van der Waals surface area (Å²) in [4.78, 5) is 11.4. The number of benzene rings is 1. The third kappa shape index (κ3) is 2.04. The molecule has 1 N–H and O–H groups in total. The number of carboxylic acid groups (broad SMARTS) is 1. The van der Waals surface area contributed by atoms with Gasteiger partial charge in [-0.2, -0.15) is 0 Å². The van der Waals surface area contributed by atoms with E-state index >= 15 is 0 Å². The van der Waals surface area contributed by atoms with Crippen LogP contribution in [0.1, 0.15) is 30.4 Å². The maximum atomic E-state index is 12.5. The third-order valence-electron chi connectivity index (χ3n) is 3.52. The maximum absolute atomic E-state index is 12.5. The van der Waals surface area contributed by atoms with Crippen LogP contribution >= 0.6 is 0 Å². The zero-order chi connectivity index (χ0) is 12.5. The van der Waals surface area contributed by atoms with E-state index in [1.54, 1.807) is 24.3 Å². The topological polar surface area (TPSA) is 37.3 Å². The second-order valence-electron chi connectivity index (χ2n) is 4.49. The second-order valence-corrected chi connectivity index (χ2v) is 4.49. The predicted octanol–water partition coefficient (Wildman–Crippen LogP) is 3.00. The van der Waals surface area contributed by atoms with E-state index < -0.39 is 17.8 Å². The van der Waals surface area contributed by atoms with Crippen LogP contribution < -0.4 is 0 Å². The lowest BCUT2D eigenvalue weighted by Gasteiger charge is -2.39. The van der Waals surface area contributed by atoms with Gasteiger partial charge >= 0.3 is 5.97 Å². The van der Waals surface area contributed by atoms with Gasteiger partial charge in [0.05, 0.1) is 5.41 Å². The van der Waals surface area contributed by atoms with Crippen LogP contribution in [0.15, 0.2) is 24.3 Å². The van der Waals surface area contributed by atoms with Gasteiger partial charge in [0.15, 0.2) is 0 Å². The first kappa shape index (κ1) is 12.0. The lowest BCUT2D eigenvalue weighted by molar-refractivity contribution is -0.147. The Bertz CT molecular complexity index is 425.